The van der Waals surface area contributed by atoms with Gasteiger partial charge in [-0.3, -0.25) is 13.9 Å². The summed E-state index contributed by atoms with van der Waals surface area (Å²) in [6, 6.07) is 0. The Kier molecular flexibility index (Phi) is 3.42. The highest BCUT2D eigenvalue weighted by molar-refractivity contribution is 7.90. The molecule has 0 atom stereocenters. The summed E-state index contributed by atoms with van der Waals surface area (Å²) in [5, 5.41) is 2.77. The van der Waals surface area contributed by atoms with Crippen LogP contribution in [-0.2, 0) is 23.9 Å². The second-order valence-corrected chi connectivity index (χ2v) is 6.81. The maximum Gasteiger partial charge on any atom is 0.332 e. The fraction of sp³-hybridized carbons (Fsp3) is 0.500. The van der Waals surface area contributed by atoms with Crippen LogP contribution in [0.15, 0.2) is 9.59 Å². The van der Waals surface area contributed by atoms with E-state index in [4.69, 9.17) is 0 Å². The number of aromatic nitrogens is 4. The first-order valence-corrected chi connectivity index (χ1v) is 7.84. The normalized spacial score (nSPS) is 11.9. The SMILES string of the molecule is Cn1c(=O)c2[nH]c(NCCS(C)(=O)=O)nc2n(C)c1=O. The molecule has 0 aromatic carbocycles. The van der Waals surface area contributed by atoms with E-state index in [1.165, 1.54) is 18.7 Å². The van der Waals surface area contributed by atoms with E-state index in [1.54, 1.807) is 0 Å². The average Bonchev–Trinajstić information content (AvgIpc) is 2.76. The van der Waals surface area contributed by atoms with Gasteiger partial charge in [0.25, 0.3) is 5.56 Å². The number of sulfone groups is 1. The van der Waals surface area contributed by atoms with Gasteiger partial charge in [0.15, 0.2) is 11.2 Å². The van der Waals surface area contributed by atoms with Crippen molar-refractivity contribution in [2.45, 2.75) is 0 Å². The summed E-state index contributed by atoms with van der Waals surface area (Å²) in [5.74, 6) is 0.197. The number of aromatic amines is 1. The van der Waals surface area contributed by atoms with E-state index in [0.717, 1.165) is 10.8 Å². The van der Waals surface area contributed by atoms with Crippen LogP contribution in [0, 0.1) is 0 Å². The Morgan fingerprint density at radius 1 is 1.25 bits per heavy atom. The van der Waals surface area contributed by atoms with Gasteiger partial charge in [0.2, 0.25) is 5.95 Å². The fourth-order valence-corrected chi connectivity index (χ4v) is 2.24. The molecular weight excluding hydrogens is 286 g/mol. The molecule has 2 N–H and O–H groups in total. The third kappa shape index (κ3) is 2.59. The van der Waals surface area contributed by atoms with Gasteiger partial charge in [0.05, 0.1) is 5.75 Å². The molecule has 0 saturated carbocycles. The minimum Gasteiger partial charge on any atom is -0.355 e. The minimum absolute atomic E-state index is 0.0546. The van der Waals surface area contributed by atoms with Gasteiger partial charge in [0.1, 0.15) is 9.84 Å². The lowest BCUT2D eigenvalue weighted by atomic mass is 10.5. The topological polar surface area (TPSA) is 119 Å². The quantitative estimate of drug-likeness (QED) is 0.703. The smallest absolute Gasteiger partial charge is 0.332 e. The number of nitrogens with zero attached hydrogens (tertiary/aromatic N) is 3. The van der Waals surface area contributed by atoms with E-state index >= 15 is 0 Å². The molecule has 20 heavy (non-hydrogen) atoms. The van der Waals surface area contributed by atoms with E-state index < -0.39 is 21.1 Å². The molecule has 0 amide bonds. The van der Waals surface area contributed by atoms with Crippen molar-refractivity contribution in [1.82, 2.24) is 19.1 Å². The Balaban J connectivity index is 2.40. The summed E-state index contributed by atoms with van der Waals surface area (Å²) < 4.78 is 24.3. The summed E-state index contributed by atoms with van der Waals surface area (Å²) in [6.45, 7) is 0.160. The van der Waals surface area contributed by atoms with Crippen LogP contribution in [0.4, 0.5) is 5.95 Å². The number of H-pyrrole nitrogens is 1. The molecule has 0 fully saturated rings. The van der Waals surface area contributed by atoms with Crippen LogP contribution in [0.2, 0.25) is 0 Å². The number of anilines is 1. The van der Waals surface area contributed by atoms with Crippen LogP contribution in [-0.4, -0.2) is 46.1 Å². The largest absolute Gasteiger partial charge is 0.355 e. The number of fused-ring (bicyclic) bond motifs is 1. The molecule has 2 rings (SSSR count). The predicted octanol–water partition coefficient (Wildman–Crippen LogP) is -1.58. The third-order valence-corrected chi connectivity index (χ3v) is 3.81. The first-order valence-electron chi connectivity index (χ1n) is 5.78. The van der Waals surface area contributed by atoms with Crippen molar-refractivity contribution >= 4 is 26.9 Å². The van der Waals surface area contributed by atoms with E-state index in [9.17, 15) is 18.0 Å². The summed E-state index contributed by atoms with van der Waals surface area (Å²) >= 11 is 0. The van der Waals surface area contributed by atoms with Gasteiger partial charge in [-0.15, -0.1) is 0 Å². The predicted molar refractivity (Wildman–Crippen MR) is 74.8 cm³/mol. The van der Waals surface area contributed by atoms with Crippen LogP contribution < -0.4 is 16.6 Å². The molecule has 0 radical (unpaired) electrons. The van der Waals surface area contributed by atoms with E-state index in [0.29, 0.717) is 0 Å². The number of imidazole rings is 1. The van der Waals surface area contributed by atoms with Crippen LogP contribution >= 0.6 is 0 Å². The number of hydrogen-bond donors (Lipinski definition) is 2. The molecule has 0 bridgehead atoms. The number of hydrogen-bond acceptors (Lipinski definition) is 6. The number of aryl methyl sites for hydroxylation is 1. The van der Waals surface area contributed by atoms with Crippen molar-refractivity contribution in [2.24, 2.45) is 14.1 Å². The fourth-order valence-electron chi connectivity index (χ4n) is 1.76. The molecule has 10 heteroatoms. The van der Waals surface area contributed by atoms with Gasteiger partial charge >= 0.3 is 5.69 Å². The van der Waals surface area contributed by atoms with Crippen molar-refractivity contribution in [2.75, 3.05) is 23.9 Å². The van der Waals surface area contributed by atoms with Crippen LogP contribution in [0.1, 0.15) is 0 Å². The molecule has 0 unspecified atom stereocenters. The van der Waals surface area contributed by atoms with E-state index in [1.807, 2.05) is 0 Å². The maximum absolute atomic E-state index is 11.9. The van der Waals surface area contributed by atoms with Crippen molar-refractivity contribution in [3.8, 4) is 0 Å². The third-order valence-electron chi connectivity index (χ3n) is 2.86. The van der Waals surface area contributed by atoms with E-state index in [2.05, 4.69) is 15.3 Å². The van der Waals surface area contributed by atoms with Gasteiger partial charge in [-0.25, -0.2) is 13.2 Å². The highest BCUT2D eigenvalue weighted by atomic mass is 32.2. The summed E-state index contributed by atoms with van der Waals surface area (Å²) in [4.78, 5) is 30.5. The molecule has 0 saturated heterocycles. The molecule has 2 aromatic rings. The zero-order valence-electron chi connectivity index (χ0n) is 11.3. The van der Waals surface area contributed by atoms with Crippen LogP contribution in [0.3, 0.4) is 0 Å². The van der Waals surface area contributed by atoms with Gasteiger partial charge in [-0.05, 0) is 0 Å². The lowest BCUT2D eigenvalue weighted by Crippen LogP contribution is -2.36. The Morgan fingerprint density at radius 3 is 2.50 bits per heavy atom. The second-order valence-electron chi connectivity index (χ2n) is 4.55. The molecule has 0 aliphatic rings. The maximum atomic E-state index is 11.9. The zero-order valence-corrected chi connectivity index (χ0v) is 12.1. The molecule has 0 aliphatic heterocycles. The van der Waals surface area contributed by atoms with Crippen LogP contribution in [0.5, 0.6) is 0 Å². The monoisotopic (exact) mass is 301 g/mol. The van der Waals surface area contributed by atoms with Gasteiger partial charge < -0.3 is 10.3 Å². The molecule has 110 valence electrons. The van der Waals surface area contributed by atoms with Crippen molar-refractivity contribution in [3.05, 3.63) is 20.8 Å². The highest BCUT2D eigenvalue weighted by Crippen LogP contribution is 2.07. The lowest BCUT2D eigenvalue weighted by Gasteiger charge is -2.00. The van der Waals surface area contributed by atoms with Crippen molar-refractivity contribution < 1.29 is 8.42 Å². The second kappa shape index (κ2) is 4.78. The van der Waals surface area contributed by atoms with Gasteiger partial charge in [-0.1, -0.05) is 0 Å². The molecule has 9 nitrogen and oxygen atoms in total. The number of nitrogens with one attached hydrogen (secondary N) is 2. The zero-order chi connectivity index (χ0) is 15.1. The summed E-state index contributed by atoms with van der Waals surface area (Å²) in [6.07, 6.45) is 1.13. The first-order chi connectivity index (χ1) is 9.20. The summed E-state index contributed by atoms with van der Waals surface area (Å²) in [5.41, 5.74) is -0.542. The Bertz CT molecular complexity index is 873. The average molecular weight is 301 g/mol. The molecule has 2 aromatic heterocycles. The Morgan fingerprint density at radius 2 is 1.90 bits per heavy atom. The highest BCUT2D eigenvalue weighted by Gasteiger charge is 2.13. The van der Waals surface area contributed by atoms with Crippen molar-refractivity contribution in [3.63, 3.8) is 0 Å². The van der Waals surface area contributed by atoms with E-state index in [-0.39, 0.29) is 29.4 Å². The number of rotatable bonds is 4. The first kappa shape index (κ1) is 14.3. The molecule has 2 heterocycles. The van der Waals surface area contributed by atoms with Gasteiger partial charge in [0, 0.05) is 26.9 Å². The molecular formula is C10H15N5O4S. The van der Waals surface area contributed by atoms with Crippen molar-refractivity contribution in [1.29, 1.82) is 0 Å². The summed E-state index contributed by atoms with van der Waals surface area (Å²) in [7, 11) is -0.197. The lowest BCUT2D eigenvalue weighted by molar-refractivity contribution is 0.602. The molecule has 0 aliphatic carbocycles. The Labute approximate surface area is 114 Å². The van der Waals surface area contributed by atoms with Crippen LogP contribution in [0.25, 0.3) is 11.2 Å². The Hall–Kier alpha value is -2.10. The molecule has 0 spiro atoms. The minimum atomic E-state index is -3.08. The van der Waals surface area contributed by atoms with Gasteiger partial charge in [-0.2, -0.15) is 4.98 Å². The standard InChI is InChI=1S/C10H15N5O4S/c1-14-7-6(8(16)15(2)10(14)17)12-9(13-7)11-4-5-20(3,18)19/h4-5H2,1-3H3,(H2,11,12,13).